The molecule has 6 nitrogen and oxygen atoms in total. The van der Waals surface area contributed by atoms with Crippen molar-refractivity contribution in [2.75, 3.05) is 12.0 Å². The lowest BCUT2D eigenvalue weighted by Gasteiger charge is -2.26. The van der Waals surface area contributed by atoms with Gasteiger partial charge >= 0.3 is 0 Å². The first-order chi connectivity index (χ1) is 16.4. The van der Waals surface area contributed by atoms with Crippen LogP contribution in [0.1, 0.15) is 22.2 Å². The molecule has 0 saturated heterocycles. The van der Waals surface area contributed by atoms with Crippen molar-refractivity contribution in [3.05, 3.63) is 106 Å². The molecule has 0 saturated carbocycles. The molecule has 1 aliphatic heterocycles. The second-order valence-corrected chi connectivity index (χ2v) is 8.12. The van der Waals surface area contributed by atoms with Gasteiger partial charge in [0.15, 0.2) is 22.9 Å². The minimum absolute atomic E-state index is 0.0704. The van der Waals surface area contributed by atoms with Crippen LogP contribution in [-0.2, 0) is 4.79 Å². The fraction of sp³-hybridized carbons (Fsp3) is 0.0769. The van der Waals surface area contributed by atoms with Crippen LogP contribution in [0.2, 0.25) is 5.02 Å². The minimum atomic E-state index is -1.02. The molecule has 0 bridgehead atoms. The van der Waals surface area contributed by atoms with Gasteiger partial charge in [-0.15, -0.1) is 0 Å². The van der Waals surface area contributed by atoms with Gasteiger partial charge in [0, 0.05) is 16.1 Å². The number of hydrogen-bond acceptors (Lipinski definition) is 5. The summed E-state index contributed by atoms with van der Waals surface area (Å²) < 4.78 is 24.7. The molecule has 2 heterocycles. The number of ether oxygens (including phenoxy) is 1. The lowest BCUT2D eigenvalue weighted by atomic mass is 9.94. The summed E-state index contributed by atoms with van der Waals surface area (Å²) in [6.07, 6.45) is 0. The van der Waals surface area contributed by atoms with Gasteiger partial charge in [-0.1, -0.05) is 35.9 Å². The van der Waals surface area contributed by atoms with Crippen LogP contribution in [-0.4, -0.2) is 23.9 Å². The van der Waals surface area contributed by atoms with E-state index >= 15 is 0 Å². The second-order valence-electron chi connectivity index (χ2n) is 7.69. The van der Waals surface area contributed by atoms with Gasteiger partial charge in [-0.05, 0) is 54.1 Å². The van der Waals surface area contributed by atoms with E-state index in [0.29, 0.717) is 33.0 Å². The van der Waals surface area contributed by atoms with Gasteiger partial charge in [0.05, 0.1) is 18.7 Å². The number of methoxy groups -OCH3 is 1. The molecule has 34 heavy (non-hydrogen) atoms. The second kappa shape index (κ2) is 8.35. The first-order valence-electron chi connectivity index (χ1n) is 10.3. The van der Waals surface area contributed by atoms with Crippen molar-refractivity contribution >= 4 is 39.9 Å². The molecule has 0 radical (unpaired) electrons. The van der Waals surface area contributed by atoms with E-state index in [9.17, 15) is 19.1 Å². The van der Waals surface area contributed by atoms with Crippen molar-refractivity contribution in [1.29, 1.82) is 0 Å². The van der Waals surface area contributed by atoms with Gasteiger partial charge < -0.3 is 14.3 Å². The highest BCUT2D eigenvalue weighted by Crippen LogP contribution is 2.43. The monoisotopic (exact) mass is 477 g/mol. The Kier molecular flexibility index (Phi) is 5.34. The van der Waals surface area contributed by atoms with Crippen LogP contribution < -0.4 is 9.64 Å². The maximum atomic E-state index is 13.7. The number of amides is 1. The summed E-state index contributed by atoms with van der Waals surface area (Å²) >= 11 is 6.00. The van der Waals surface area contributed by atoms with E-state index in [4.69, 9.17) is 20.8 Å². The van der Waals surface area contributed by atoms with Crippen LogP contribution in [0.15, 0.2) is 88.5 Å². The average Bonchev–Trinajstić information content (AvgIpc) is 3.39. The highest BCUT2D eigenvalue weighted by Gasteiger charge is 2.45. The predicted octanol–water partition coefficient (Wildman–Crippen LogP) is 6.02. The maximum absolute atomic E-state index is 13.7. The first kappa shape index (κ1) is 21.7. The summed E-state index contributed by atoms with van der Waals surface area (Å²) in [6.45, 7) is 0. The number of rotatable bonds is 5. The molecule has 1 N–H and O–H groups in total. The number of anilines is 1. The van der Waals surface area contributed by atoms with Crippen molar-refractivity contribution in [2.24, 2.45) is 0 Å². The Morgan fingerprint density at radius 2 is 1.79 bits per heavy atom. The molecule has 1 aliphatic rings. The molecular weight excluding hydrogens is 461 g/mol. The maximum Gasteiger partial charge on any atom is 0.294 e. The summed E-state index contributed by atoms with van der Waals surface area (Å²) in [7, 11) is 1.48. The van der Waals surface area contributed by atoms with Gasteiger partial charge in [0.1, 0.15) is 5.82 Å². The van der Waals surface area contributed by atoms with Crippen molar-refractivity contribution in [1.82, 2.24) is 0 Å². The number of aliphatic hydroxyl groups is 1. The zero-order valence-corrected chi connectivity index (χ0v) is 18.5. The van der Waals surface area contributed by atoms with Crippen molar-refractivity contribution < 1.29 is 28.2 Å². The zero-order chi connectivity index (χ0) is 24.0. The quantitative estimate of drug-likeness (QED) is 0.356. The van der Waals surface area contributed by atoms with E-state index < -0.39 is 29.3 Å². The van der Waals surface area contributed by atoms with Gasteiger partial charge in [0.25, 0.3) is 5.91 Å². The standard InChI is InChI=1S/C26H17ClFNO5/c1-33-19-4-2-3-15-13-20(34-25(15)19)23(30)21-22(14-5-9-17(28)10-6-14)29(26(32)24(21)31)18-11-7-16(27)8-12-18/h2-13,22,31H,1H3. The minimum Gasteiger partial charge on any atom is -0.503 e. The smallest absolute Gasteiger partial charge is 0.294 e. The number of carbonyl (C=O) groups is 2. The van der Waals surface area contributed by atoms with Crippen LogP contribution in [0.3, 0.4) is 0 Å². The number of aliphatic hydroxyl groups excluding tert-OH is 1. The zero-order valence-electron chi connectivity index (χ0n) is 17.8. The molecule has 170 valence electrons. The third kappa shape index (κ3) is 3.50. The number of hydrogen-bond donors (Lipinski definition) is 1. The van der Waals surface area contributed by atoms with E-state index in [1.807, 2.05) is 0 Å². The number of fused-ring (bicyclic) bond motifs is 1. The molecule has 4 aromatic rings. The van der Waals surface area contributed by atoms with E-state index in [-0.39, 0.29) is 11.3 Å². The highest BCUT2D eigenvalue weighted by atomic mass is 35.5. The highest BCUT2D eigenvalue weighted by molar-refractivity contribution is 6.30. The SMILES string of the molecule is COc1cccc2cc(C(=O)C3=C(O)C(=O)N(c4ccc(Cl)cc4)C3c3ccc(F)cc3)oc12. The van der Waals surface area contributed by atoms with Gasteiger partial charge in [0.2, 0.25) is 5.78 Å². The molecule has 1 aromatic heterocycles. The molecule has 3 aromatic carbocycles. The summed E-state index contributed by atoms with van der Waals surface area (Å²) in [5.41, 5.74) is 1.03. The summed E-state index contributed by atoms with van der Waals surface area (Å²) in [5.74, 6) is -2.25. The number of para-hydroxylation sites is 1. The Balaban J connectivity index is 1.66. The number of ketones is 1. The summed E-state index contributed by atoms with van der Waals surface area (Å²) in [6, 6.07) is 17.5. The molecular formula is C26H17ClFNO5. The Bertz CT molecular complexity index is 1460. The molecule has 1 amide bonds. The number of Topliss-reactive ketones (excluding diaryl/α,β-unsaturated/α-hetero) is 1. The molecule has 0 spiro atoms. The lowest BCUT2D eigenvalue weighted by Crippen LogP contribution is -2.31. The van der Waals surface area contributed by atoms with Crippen LogP contribution in [0.5, 0.6) is 5.75 Å². The van der Waals surface area contributed by atoms with E-state index in [2.05, 4.69) is 0 Å². The Morgan fingerprint density at radius 1 is 1.09 bits per heavy atom. The number of nitrogens with zero attached hydrogens (tertiary/aromatic N) is 1. The van der Waals surface area contributed by atoms with E-state index in [1.165, 1.54) is 42.3 Å². The summed E-state index contributed by atoms with van der Waals surface area (Å²) in [5, 5.41) is 11.9. The molecule has 1 unspecified atom stereocenters. The average molecular weight is 478 g/mol. The molecule has 1 atom stereocenters. The molecule has 0 fully saturated rings. The Labute approximate surface area is 198 Å². The first-order valence-corrected chi connectivity index (χ1v) is 10.7. The molecule has 8 heteroatoms. The predicted molar refractivity (Wildman–Crippen MR) is 125 cm³/mol. The Hall–Kier alpha value is -4.10. The third-order valence-corrected chi connectivity index (χ3v) is 5.95. The largest absolute Gasteiger partial charge is 0.503 e. The van der Waals surface area contributed by atoms with Crippen LogP contribution >= 0.6 is 11.6 Å². The van der Waals surface area contributed by atoms with Gasteiger partial charge in [-0.25, -0.2) is 4.39 Å². The normalized spacial score (nSPS) is 15.9. The van der Waals surface area contributed by atoms with Gasteiger partial charge in [-0.2, -0.15) is 0 Å². The fourth-order valence-corrected chi connectivity index (χ4v) is 4.23. The third-order valence-electron chi connectivity index (χ3n) is 5.69. The van der Waals surface area contributed by atoms with Crippen LogP contribution in [0, 0.1) is 5.82 Å². The fourth-order valence-electron chi connectivity index (χ4n) is 4.11. The van der Waals surface area contributed by atoms with E-state index in [0.717, 1.165) is 0 Å². The van der Waals surface area contributed by atoms with Crippen LogP contribution in [0.4, 0.5) is 10.1 Å². The molecule has 5 rings (SSSR count). The summed E-state index contributed by atoms with van der Waals surface area (Å²) in [4.78, 5) is 28.1. The Morgan fingerprint density at radius 3 is 2.47 bits per heavy atom. The molecule has 0 aliphatic carbocycles. The van der Waals surface area contributed by atoms with Crippen molar-refractivity contribution in [3.8, 4) is 5.75 Å². The van der Waals surface area contributed by atoms with Gasteiger partial charge in [-0.3, -0.25) is 14.5 Å². The van der Waals surface area contributed by atoms with E-state index in [1.54, 1.807) is 42.5 Å². The lowest BCUT2D eigenvalue weighted by molar-refractivity contribution is -0.117. The topological polar surface area (TPSA) is 80.0 Å². The number of halogens is 2. The number of carbonyl (C=O) groups excluding carboxylic acids is 2. The number of furan rings is 1. The number of benzene rings is 3. The van der Waals surface area contributed by atoms with Crippen LogP contribution in [0.25, 0.3) is 11.0 Å². The van der Waals surface area contributed by atoms with Crippen molar-refractivity contribution in [2.45, 2.75) is 6.04 Å². The van der Waals surface area contributed by atoms with Crippen molar-refractivity contribution in [3.63, 3.8) is 0 Å².